The van der Waals surface area contributed by atoms with Gasteiger partial charge in [0, 0.05) is 16.6 Å². The fourth-order valence-corrected chi connectivity index (χ4v) is 2.89. The molecule has 0 spiro atoms. The van der Waals surface area contributed by atoms with Gasteiger partial charge in [0.1, 0.15) is 5.75 Å². The van der Waals surface area contributed by atoms with E-state index in [4.69, 9.17) is 10.5 Å². The molecule has 0 radical (unpaired) electrons. The molecule has 4 heteroatoms. The predicted octanol–water partition coefficient (Wildman–Crippen LogP) is 2.89. The largest absolute Gasteiger partial charge is 0.497 e. The van der Waals surface area contributed by atoms with E-state index in [-0.39, 0.29) is 0 Å². The molecule has 0 aliphatic rings. The predicted molar refractivity (Wildman–Crippen MR) is 78.7 cm³/mol. The van der Waals surface area contributed by atoms with Crippen LogP contribution in [0, 0.1) is 6.92 Å². The van der Waals surface area contributed by atoms with Crippen LogP contribution >= 0.6 is 0 Å². The number of aryl methyl sites for hydroxylation is 1. The Bertz CT molecular complexity index is 594. The zero-order valence-electron chi connectivity index (χ0n) is 11.1. The molecular formula is C15H17NO2S. The summed E-state index contributed by atoms with van der Waals surface area (Å²) in [6, 6.07) is 13.2. The summed E-state index contributed by atoms with van der Waals surface area (Å²) in [5, 5.41) is 0. The van der Waals surface area contributed by atoms with Crippen molar-refractivity contribution in [1.82, 2.24) is 0 Å². The summed E-state index contributed by atoms with van der Waals surface area (Å²) >= 11 is 0. The number of benzene rings is 2. The Hall–Kier alpha value is -1.81. The van der Waals surface area contributed by atoms with E-state index in [0.717, 1.165) is 16.0 Å². The van der Waals surface area contributed by atoms with Crippen molar-refractivity contribution in [2.75, 3.05) is 12.8 Å². The van der Waals surface area contributed by atoms with Gasteiger partial charge in [0.25, 0.3) is 0 Å². The van der Waals surface area contributed by atoms with Crippen molar-refractivity contribution in [3.63, 3.8) is 0 Å². The standard InChI is InChI=1S/C15H17NO2S/c1-11-3-5-15(6-4-11)19(17)10-12-7-13(16)9-14(8-12)18-2/h3-9H,10,16H2,1-2H3. The lowest BCUT2D eigenvalue weighted by Gasteiger charge is -2.07. The number of rotatable bonds is 4. The van der Waals surface area contributed by atoms with Gasteiger partial charge < -0.3 is 10.5 Å². The zero-order valence-corrected chi connectivity index (χ0v) is 11.9. The average molecular weight is 275 g/mol. The van der Waals surface area contributed by atoms with Crippen molar-refractivity contribution in [1.29, 1.82) is 0 Å². The molecule has 0 aliphatic heterocycles. The molecule has 1 unspecified atom stereocenters. The molecule has 0 aromatic heterocycles. The Morgan fingerprint density at radius 3 is 2.47 bits per heavy atom. The molecule has 2 aromatic rings. The molecule has 19 heavy (non-hydrogen) atoms. The number of nitrogens with two attached hydrogens (primary N) is 1. The summed E-state index contributed by atoms with van der Waals surface area (Å²) in [4.78, 5) is 0.826. The van der Waals surface area contributed by atoms with Crippen molar-refractivity contribution in [3.8, 4) is 5.75 Å². The van der Waals surface area contributed by atoms with Gasteiger partial charge in [0.15, 0.2) is 0 Å². The zero-order chi connectivity index (χ0) is 13.8. The average Bonchev–Trinajstić information content (AvgIpc) is 2.38. The third kappa shape index (κ3) is 3.58. The fourth-order valence-electron chi connectivity index (χ4n) is 1.81. The van der Waals surface area contributed by atoms with Gasteiger partial charge in [-0.15, -0.1) is 0 Å². The second-order valence-corrected chi connectivity index (χ2v) is 5.87. The second-order valence-electron chi connectivity index (χ2n) is 4.42. The molecule has 0 fully saturated rings. The summed E-state index contributed by atoms with van der Waals surface area (Å²) in [7, 11) is 0.520. The monoisotopic (exact) mass is 275 g/mol. The highest BCUT2D eigenvalue weighted by molar-refractivity contribution is 7.84. The van der Waals surface area contributed by atoms with E-state index in [1.54, 1.807) is 13.2 Å². The van der Waals surface area contributed by atoms with Gasteiger partial charge in [-0.05, 0) is 36.8 Å². The van der Waals surface area contributed by atoms with Gasteiger partial charge >= 0.3 is 0 Å². The van der Waals surface area contributed by atoms with Crippen molar-refractivity contribution >= 4 is 16.5 Å². The molecule has 0 saturated carbocycles. The van der Waals surface area contributed by atoms with Crippen LogP contribution < -0.4 is 10.5 Å². The first-order valence-corrected chi connectivity index (χ1v) is 7.29. The SMILES string of the molecule is COc1cc(N)cc(CS(=O)c2ccc(C)cc2)c1. The van der Waals surface area contributed by atoms with E-state index in [1.165, 1.54) is 0 Å². The van der Waals surface area contributed by atoms with Gasteiger partial charge in [-0.2, -0.15) is 0 Å². The maximum Gasteiger partial charge on any atom is 0.121 e. The van der Waals surface area contributed by atoms with Crippen LogP contribution in [0.3, 0.4) is 0 Å². The minimum absolute atomic E-state index is 0.435. The maximum atomic E-state index is 12.3. The van der Waals surface area contributed by atoms with Crippen LogP contribution in [-0.2, 0) is 16.6 Å². The van der Waals surface area contributed by atoms with E-state index >= 15 is 0 Å². The van der Waals surface area contributed by atoms with Gasteiger partial charge in [0.05, 0.1) is 23.7 Å². The van der Waals surface area contributed by atoms with Crippen molar-refractivity contribution < 1.29 is 8.95 Å². The molecule has 2 rings (SSSR count). The van der Waals surface area contributed by atoms with Crippen LogP contribution in [0.15, 0.2) is 47.4 Å². The molecule has 100 valence electrons. The summed E-state index contributed by atoms with van der Waals surface area (Å²) < 4.78 is 17.4. The van der Waals surface area contributed by atoms with Crippen LogP contribution in [0.25, 0.3) is 0 Å². The van der Waals surface area contributed by atoms with E-state index in [1.807, 2.05) is 43.3 Å². The Kier molecular flexibility index (Phi) is 4.22. The minimum Gasteiger partial charge on any atom is -0.497 e. The molecule has 0 aliphatic carbocycles. The lowest BCUT2D eigenvalue weighted by Crippen LogP contribution is -1.98. The second kappa shape index (κ2) is 5.89. The molecule has 0 amide bonds. The number of hydrogen-bond donors (Lipinski definition) is 1. The molecule has 0 heterocycles. The molecule has 0 bridgehead atoms. The number of ether oxygens (including phenoxy) is 1. The minimum atomic E-state index is -1.07. The van der Waals surface area contributed by atoms with Crippen LogP contribution in [-0.4, -0.2) is 11.3 Å². The van der Waals surface area contributed by atoms with Crippen LogP contribution in [0.1, 0.15) is 11.1 Å². The Labute approximate surface area is 115 Å². The highest BCUT2D eigenvalue weighted by Crippen LogP contribution is 2.21. The smallest absolute Gasteiger partial charge is 0.121 e. The van der Waals surface area contributed by atoms with Gasteiger partial charge in [-0.25, -0.2) is 0 Å². The van der Waals surface area contributed by atoms with E-state index < -0.39 is 10.8 Å². The molecule has 2 aromatic carbocycles. The summed E-state index contributed by atoms with van der Waals surface area (Å²) in [6.07, 6.45) is 0. The van der Waals surface area contributed by atoms with Gasteiger partial charge in [-0.3, -0.25) is 4.21 Å². The summed E-state index contributed by atoms with van der Waals surface area (Å²) in [6.45, 7) is 2.01. The Morgan fingerprint density at radius 2 is 1.84 bits per heavy atom. The molecule has 0 saturated heterocycles. The van der Waals surface area contributed by atoms with Crippen LogP contribution in [0.5, 0.6) is 5.75 Å². The molecule has 1 atom stereocenters. The molecule has 3 nitrogen and oxygen atoms in total. The fraction of sp³-hybridized carbons (Fsp3) is 0.200. The third-order valence-corrected chi connectivity index (χ3v) is 4.20. The van der Waals surface area contributed by atoms with Gasteiger partial charge in [-0.1, -0.05) is 17.7 Å². The lowest BCUT2D eigenvalue weighted by molar-refractivity contribution is 0.414. The highest BCUT2D eigenvalue weighted by Gasteiger charge is 2.07. The summed E-state index contributed by atoms with van der Waals surface area (Å²) in [5.74, 6) is 1.13. The molecule has 2 N–H and O–H groups in total. The Balaban J connectivity index is 2.18. The van der Waals surface area contributed by atoms with E-state index in [9.17, 15) is 4.21 Å². The maximum absolute atomic E-state index is 12.3. The first kappa shape index (κ1) is 13.6. The number of hydrogen-bond acceptors (Lipinski definition) is 3. The Morgan fingerprint density at radius 1 is 1.16 bits per heavy atom. The normalized spacial score (nSPS) is 12.1. The first-order valence-electron chi connectivity index (χ1n) is 5.97. The quantitative estimate of drug-likeness (QED) is 0.873. The summed E-state index contributed by atoms with van der Waals surface area (Å²) in [5.41, 5.74) is 8.48. The van der Waals surface area contributed by atoms with Crippen LogP contribution in [0.2, 0.25) is 0 Å². The number of nitrogen functional groups attached to an aromatic ring is 1. The first-order chi connectivity index (χ1) is 9.08. The molecular weight excluding hydrogens is 258 g/mol. The van der Waals surface area contributed by atoms with Crippen molar-refractivity contribution in [2.24, 2.45) is 0 Å². The number of methoxy groups -OCH3 is 1. The lowest BCUT2D eigenvalue weighted by atomic mass is 10.2. The van der Waals surface area contributed by atoms with Crippen LogP contribution in [0.4, 0.5) is 5.69 Å². The van der Waals surface area contributed by atoms with Crippen molar-refractivity contribution in [3.05, 3.63) is 53.6 Å². The number of anilines is 1. The van der Waals surface area contributed by atoms with E-state index in [0.29, 0.717) is 17.2 Å². The topological polar surface area (TPSA) is 52.3 Å². The highest BCUT2D eigenvalue weighted by atomic mass is 32.2. The van der Waals surface area contributed by atoms with Gasteiger partial charge in [0.2, 0.25) is 0 Å². The van der Waals surface area contributed by atoms with Crippen molar-refractivity contribution in [2.45, 2.75) is 17.6 Å². The third-order valence-electron chi connectivity index (χ3n) is 2.81. The van der Waals surface area contributed by atoms with E-state index in [2.05, 4.69) is 0 Å².